The maximum absolute atomic E-state index is 5.87. The third-order valence-corrected chi connectivity index (χ3v) is 3.83. The second-order valence-electron chi connectivity index (χ2n) is 5.51. The summed E-state index contributed by atoms with van der Waals surface area (Å²) in [6.45, 7) is 4.03. The van der Waals surface area contributed by atoms with E-state index in [0.717, 1.165) is 48.9 Å². The van der Waals surface area contributed by atoms with Crippen LogP contribution < -0.4 is 14.8 Å². The van der Waals surface area contributed by atoms with Crippen molar-refractivity contribution in [1.29, 1.82) is 0 Å². The number of hydrogen-bond donors (Lipinski definition) is 1. The minimum atomic E-state index is 0.416. The summed E-state index contributed by atoms with van der Waals surface area (Å²) in [6, 6.07) is 9.37. The van der Waals surface area contributed by atoms with Gasteiger partial charge in [0.2, 0.25) is 5.88 Å². The molecular formula is C17H21N3O2. The van der Waals surface area contributed by atoms with E-state index in [9.17, 15) is 0 Å². The Bertz CT molecular complexity index is 622. The molecule has 0 unspecified atom stereocenters. The lowest BCUT2D eigenvalue weighted by Gasteiger charge is -2.21. The molecule has 1 fully saturated rings. The van der Waals surface area contributed by atoms with E-state index in [2.05, 4.69) is 15.3 Å². The fourth-order valence-electron chi connectivity index (χ4n) is 2.64. The normalized spacial score (nSPS) is 15.5. The number of methoxy groups -OCH3 is 1. The lowest BCUT2D eigenvalue weighted by molar-refractivity contribution is 0.410. The summed E-state index contributed by atoms with van der Waals surface area (Å²) >= 11 is 0. The van der Waals surface area contributed by atoms with Gasteiger partial charge in [0, 0.05) is 17.7 Å². The molecule has 1 aliphatic heterocycles. The van der Waals surface area contributed by atoms with Crippen molar-refractivity contribution >= 4 is 0 Å². The monoisotopic (exact) mass is 299 g/mol. The molecular weight excluding hydrogens is 278 g/mol. The summed E-state index contributed by atoms with van der Waals surface area (Å²) in [6.07, 6.45) is 2.15. The van der Waals surface area contributed by atoms with Gasteiger partial charge < -0.3 is 14.8 Å². The number of aryl methyl sites for hydroxylation is 1. The van der Waals surface area contributed by atoms with Crippen molar-refractivity contribution in [1.82, 2.24) is 15.3 Å². The quantitative estimate of drug-likeness (QED) is 0.940. The van der Waals surface area contributed by atoms with E-state index in [4.69, 9.17) is 9.47 Å². The van der Waals surface area contributed by atoms with E-state index < -0.39 is 0 Å². The van der Waals surface area contributed by atoms with Crippen LogP contribution in [0.4, 0.5) is 0 Å². The van der Waals surface area contributed by atoms with E-state index in [-0.39, 0.29) is 0 Å². The van der Waals surface area contributed by atoms with Crippen LogP contribution in [0, 0.1) is 6.92 Å². The maximum atomic E-state index is 5.87. The second kappa shape index (κ2) is 6.75. The van der Waals surface area contributed by atoms with Crippen LogP contribution in [0.5, 0.6) is 17.4 Å². The fourth-order valence-corrected chi connectivity index (χ4v) is 2.64. The summed E-state index contributed by atoms with van der Waals surface area (Å²) in [5.41, 5.74) is 0.937. The van der Waals surface area contributed by atoms with E-state index >= 15 is 0 Å². The third-order valence-electron chi connectivity index (χ3n) is 3.83. The Hall–Kier alpha value is -2.14. The minimum Gasteiger partial charge on any atom is -0.497 e. The predicted octanol–water partition coefficient (Wildman–Crippen LogP) is 3.05. The topological polar surface area (TPSA) is 56.3 Å². The number of hydrogen-bond acceptors (Lipinski definition) is 5. The molecule has 5 nitrogen and oxygen atoms in total. The van der Waals surface area contributed by atoms with Crippen molar-refractivity contribution in [3.63, 3.8) is 0 Å². The van der Waals surface area contributed by atoms with Gasteiger partial charge >= 0.3 is 0 Å². The number of nitrogens with zero attached hydrogens (tertiary/aromatic N) is 2. The SMILES string of the molecule is COc1ccc(Oc2cc(C)nc(C3CCNCC3)n2)cc1. The molecule has 2 heterocycles. The summed E-state index contributed by atoms with van der Waals surface area (Å²) in [4.78, 5) is 9.19. The molecule has 1 saturated heterocycles. The number of benzene rings is 1. The van der Waals surface area contributed by atoms with Crippen molar-refractivity contribution in [3.05, 3.63) is 41.9 Å². The first-order valence-electron chi connectivity index (χ1n) is 7.63. The van der Waals surface area contributed by atoms with Gasteiger partial charge in [-0.25, -0.2) is 4.98 Å². The van der Waals surface area contributed by atoms with Crippen molar-refractivity contribution in [3.8, 4) is 17.4 Å². The lowest BCUT2D eigenvalue weighted by atomic mass is 9.97. The van der Waals surface area contributed by atoms with Gasteiger partial charge in [-0.15, -0.1) is 0 Å². The molecule has 1 N–H and O–H groups in total. The Morgan fingerprint density at radius 3 is 2.41 bits per heavy atom. The molecule has 1 aromatic carbocycles. The molecule has 1 aromatic heterocycles. The molecule has 0 radical (unpaired) electrons. The highest BCUT2D eigenvalue weighted by molar-refractivity contribution is 5.33. The average Bonchev–Trinajstić information content (AvgIpc) is 2.56. The first kappa shape index (κ1) is 14.8. The van der Waals surface area contributed by atoms with Crippen molar-refractivity contribution in [2.24, 2.45) is 0 Å². The second-order valence-corrected chi connectivity index (χ2v) is 5.51. The van der Waals surface area contributed by atoms with Gasteiger partial charge in [0.1, 0.15) is 17.3 Å². The summed E-state index contributed by atoms with van der Waals surface area (Å²) in [5.74, 6) is 3.47. The Labute approximate surface area is 130 Å². The molecule has 0 saturated carbocycles. The fraction of sp³-hybridized carbons (Fsp3) is 0.412. The van der Waals surface area contributed by atoms with Crippen LogP contribution in [-0.2, 0) is 0 Å². The number of ether oxygens (including phenoxy) is 2. The maximum Gasteiger partial charge on any atom is 0.222 e. The van der Waals surface area contributed by atoms with Crippen molar-refractivity contribution in [2.75, 3.05) is 20.2 Å². The first-order chi connectivity index (χ1) is 10.7. The van der Waals surface area contributed by atoms with Gasteiger partial charge in [0.15, 0.2) is 0 Å². The Balaban J connectivity index is 1.79. The molecule has 1 aliphatic rings. The highest BCUT2D eigenvalue weighted by Gasteiger charge is 2.19. The Morgan fingerprint density at radius 1 is 1.05 bits per heavy atom. The Morgan fingerprint density at radius 2 is 1.73 bits per heavy atom. The van der Waals surface area contributed by atoms with Gasteiger partial charge in [-0.05, 0) is 57.1 Å². The molecule has 22 heavy (non-hydrogen) atoms. The highest BCUT2D eigenvalue weighted by Crippen LogP contribution is 2.27. The zero-order valence-corrected chi connectivity index (χ0v) is 13.0. The van der Waals surface area contributed by atoms with Gasteiger partial charge in [-0.2, -0.15) is 4.98 Å². The third kappa shape index (κ3) is 3.54. The van der Waals surface area contributed by atoms with Crippen molar-refractivity contribution in [2.45, 2.75) is 25.7 Å². The van der Waals surface area contributed by atoms with Gasteiger partial charge in [-0.3, -0.25) is 0 Å². The summed E-state index contributed by atoms with van der Waals surface area (Å²) in [7, 11) is 1.65. The number of piperidine rings is 1. The minimum absolute atomic E-state index is 0.416. The van der Waals surface area contributed by atoms with Crippen LogP contribution in [-0.4, -0.2) is 30.2 Å². The Kier molecular flexibility index (Phi) is 4.53. The van der Waals surface area contributed by atoms with Crippen LogP contribution in [0.2, 0.25) is 0 Å². The summed E-state index contributed by atoms with van der Waals surface area (Å²) < 4.78 is 11.0. The molecule has 0 spiro atoms. The van der Waals surface area contributed by atoms with Gasteiger partial charge in [-0.1, -0.05) is 0 Å². The zero-order chi connectivity index (χ0) is 15.4. The molecule has 116 valence electrons. The van der Waals surface area contributed by atoms with E-state index in [1.165, 1.54) is 0 Å². The molecule has 0 atom stereocenters. The average molecular weight is 299 g/mol. The van der Waals surface area contributed by atoms with E-state index in [0.29, 0.717) is 11.8 Å². The predicted molar refractivity (Wildman–Crippen MR) is 84.7 cm³/mol. The number of nitrogens with one attached hydrogen (secondary N) is 1. The lowest BCUT2D eigenvalue weighted by Crippen LogP contribution is -2.27. The zero-order valence-electron chi connectivity index (χ0n) is 13.0. The molecule has 0 aliphatic carbocycles. The van der Waals surface area contributed by atoms with Crippen LogP contribution in [0.25, 0.3) is 0 Å². The van der Waals surface area contributed by atoms with Crippen LogP contribution >= 0.6 is 0 Å². The number of rotatable bonds is 4. The van der Waals surface area contributed by atoms with Crippen LogP contribution in [0.3, 0.4) is 0 Å². The smallest absolute Gasteiger partial charge is 0.222 e. The van der Waals surface area contributed by atoms with E-state index in [1.807, 2.05) is 37.3 Å². The largest absolute Gasteiger partial charge is 0.497 e. The molecule has 0 amide bonds. The van der Waals surface area contributed by atoms with Crippen LogP contribution in [0.15, 0.2) is 30.3 Å². The molecule has 2 aromatic rings. The van der Waals surface area contributed by atoms with Crippen LogP contribution in [0.1, 0.15) is 30.3 Å². The van der Waals surface area contributed by atoms with Gasteiger partial charge in [0.25, 0.3) is 0 Å². The molecule has 0 bridgehead atoms. The summed E-state index contributed by atoms with van der Waals surface area (Å²) in [5, 5.41) is 3.37. The van der Waals surface area contributed by atoms with E-state index in [1.54, 1.807) is 7.11 Å². The highest BCUT2D eigenvalue weighted by atomic mass is 16.5. The molecule has 3 rings (SSSR count). The molecule has 5 heteroatoms. The van der Waals surface area contributed by atoms with Gasteiger partial charge in [0.05, 0.1) is 7.11 Å². The number of aromatic nitrogens is 2. The first-order valence-corrected chi connectivity index (χ1v) is 7.63. The van der Waals surface area contributed by atoms with Crippen molar-refractivity contribution < 1.29 is 9.47 Å². The standard InChI is InChI=1S/C17H21N3O2/c1-12-11-16(22-15-5-3-14(21-2)4-6-15)20-17(19-12)13-7-9-18-10-8-13/h3-6,11,13,18H,7-10H2,1-2H3.